The van der Waals surface area contributed by atoms with Gasteiger partial charge in [0.15, 0.2) is 0 Å². The van der Waals surface area contributed by atoms with Crippen LogP contribution in [-0.2, 0) is 4.79 Å². The molecule has 0 unspecified atom stereocenters. The van der Waals surface area contributed by atoms with E-state index in [9.17, 15) is 4.79 Å². The molecule has 1 aliphatic rings. The maximum Gasteiger partial charge on any atom is 0.256 e. The highest BCUT2D eigenvalue weighted by atomic mass is 16.5. The van der Waals surface area contributed by atoms with Gasteiger partial charge in [-0.05, 0) is 44.2 Å². The van der Waals surface area contributed by atoms with E-state index < -0.39 is 0 Å². The van der Waals surface area contributed by atoms with Crippen LogP contribution in [0.3, 0.4) is 0 Å². The Labute approximate surface area is 124 Å². The fraction of sp³-hybridized carbons (Fsp3) is 0.167. The van der Waals surface area contributed by atoms with Crippen molar-refractivity contribution in [2.45, 2.75) is 13.8 Å². The van der Waals surface area contributed by atoms with Gasteiger partial charge in [0.25, 0.3) is 5.91 Å². The Bertz CT molecular complexity index is 760. The molecule has 0 saturated carbocycles. The second-order valence-electron chi connectivity index (χ2n) is 5.31. The van der Waals surface area contributed by atoms with Crippen LogP contribution in [0.25, 0.3) is 11.6 Å². The number of fused-ring (bicyclic) bond motifs is 1. The summed E-state index contributed by atoms with van der Waals surface area (Å²) in [6.07, 6.45) is 1.90. The van der Waals surface area contributed by atoms with Gasteiger partial charge in [0.2, 0.25) is 0 Å². The SMILES string of the molecule is COc1ccc(C)cc1/C=C1/C(=O)Nc2ccc(C)cc21. The van der Waals surface area contributed by atoms with Crippen molar-refractivity contribution in [1.29, 1.82) is 0 Å². The molecule has 3 rings (SSSR count). The molecule has 2 aromatic carbocycles. The number of hydrogen-bond donors (Lipinski definition) is 1. The Morgan fingerprint density at radius 3 is 2.52 bits per heavy atom. The number of carbonyl (C=O) groups is 1. The van der Waals surface area contributed by atoms with Gasteiger partial charge in [-0.2, -0.15) is 0 Å². The molecule has 0 bridgehead atoms. The number of methoxy groups -OCH3 is 1. The molecule has 0 aliphatic carbocycles. The topological polar surface area (TPSA) is 38.3 Å². The minimum atomic E-state index is -0.0702. The minimum Gasteiger partial charge on any atom is -0.496 e. The van der Waals surface area contributed by atoms with Crippen molar-refractivity contribution < 1.29 is 9.53 Å². The molecule has 3 nitrogen and oxygen atoms in total. The molecule has 21 heavy (non-hydrogen) atoms. The van der Waals surface area contributed by atoms with Crippen LogP contribution in [0.5, 0.6) is 5.75 Å². The highest BCUT2D eigenvalue weighted by molar-refractivity contribution is 6.35. The lowest BCUT2D eigenvalue weighted by molar-refractivity contribution is -0.110. The molecule has 0 aromatic heterocycles. The summed E-state index contributed by atoms with van der Waals surface area (Å²) in [6.45, 7) is 4.04. The first-order valence-corrected chi connectivity index (χ1v) is 6.87. The lowest BCUT2D eigenvalue weighted by atomic mass is 10.0. The zero-order valence-corrected chi connectivity index (χ0v) is 12.4. The molecule has 106 valence electrons. The van der Waals surface area contributed by atoms with Crippen molar-refractivity contribution >= 4 is 23.2 Å². The fourth-order valence-electron chi connectivity index (χ4n) is 2.57. The monoisotopic (exact) mass is 279 g/mol. The Kier molecular flexibility index (Phi) is 3.26. The summed E-state index contributed by atoms with van der Waals surface area (Å²) in [5, 5.41) is 2.90. The van der Waals surface area contributed by atoms with Crippen LogP contribution in [-0.4, -0.2) is 13.0 Å². The number of nitrogens with one attached hydrogen (secondary N) is 1. The highest BCUT2D eigenvalue weighted by Gasteiger charge is 2.24. The van der Waals surface area contributed by atoms with Crippen LogP contribution in [0.4, 0.5) is 5.69 Å². The third-order valence-corrected chi connectivity index (χ3v) is 3.64. The first kappa shape index (κ1) is 13.4. The number of anilines is 1. The molecule has 0 radical (unpaired) electrons. The van der Waals surface area contributed by atoms with Gasteiger partial charge in [-0.1, -0.05) is 23.3 Å². The van der Waals surface area contributed by atoms with Crippen LogP contribution < -0.4 is 10.1 Å². The lowest BCUT2D eigenvalue weighted by Crippen LogP contribution is -2.03. The fourth-order valence-corrected chi connectivity index (χ4v) is 2.57. The standard InChI is InChI=1S/C18H17NO2/c1-11-5-7-17(21-3)13(8-11)10-15-14-9-12(2)4-6-16(14)19-18(15)20/h4-10H,1-3H3,(H,19,20)/b15-10+. The van der Waals surface area contributed by atoms with Crippen molar-refractivity contribution in [3.63, 3.8) is 0 Å². The molecule has 1 aliphatic heterocycles. The summed E-state index contributed by atoms with van der Waals surface area (Å²) in [5.41, 5.74) is 5.67. The normalized spacial score (nSPS) is 15.0. The zero-order chi connectivity index (χ0) is 15.0. The van der Waals surface area contributed by atoms with Crippen molar-refractivity contribution in [1.82, 2.24) is 0 Å². The molecule has 0 fully saturated rings. The van der Waals surface area contributed by atoms with Crippen molar-refractivity contribution in [3.05, 3.63) is 58.7 Å². The van der Waals surface area contributed by atoms with Crippen LogP contribution in [0.1, 0.15) is 22.3 Å². The summed E-state index contributed by atoms with van der Waals surface area (Å²) in [6, 6.07) is 11.9. The van der Waals surface area contributed by atoms with Crippen molar-refractivity contribution in [2.75, 3.05) is 12.4 Å². The third kappa shape index (κ3) is 2.42. The Balaban J connectivity index is 2.15. The molecule has 1 heterocycles. The molecule has 1 N–H and O–H groups in total. The summed E-state index contributed by atoms with van der Waals surface area (Å²) < 4.78 is 5.38. The van der Waals surface area contributed by atoms with Crippen LogP contribution >= 0.6 is 0 Å². The van der Waals surface area contributed by atoms with E-state index in [1.807, 2.05) is 56.3 Å². The van der Waals surface area contributed by atoms with E-state index in [2.05, 4.69) is 5.32 Å². The molecule has 2 aromatic rings. The first-order chi connectivity index (χ1) is 10.1. The molecule has 0 saturated heterocycles. The van der Waals surface area contributed by atoms with E-state index >= 15 is 0 Å². The predicted molar refractivity (Wildman–Crippen MR) is 85.4 cm³/mol. The van der Waals surface area contributed by atoms with E-state index in [0.29, 0.717) is 5.57 Å². The Hall–Kier alpha value is -2.55. The smallest absolute Gasteiger partial charge is 0.256 e. The van der Waals surface area contributed by atoms with Gasteiger partial charge in [-0.15, -0.1) is 0 Å². The largest absolute Gasteiger partial charge is 0.496 e. The van der Waals surface area contributed by atoms with Crippen molar-refractivity contribution in [3.8, 4) is 5.75 Å². The van der Waals surface area contributed by atoms with E-state index in [1.54, 1.807) is 7.11 Å². The predicted octanol–water partition coefficient (Wildman–Crippen LogP) is 3.80. The number of rotatable bonds is 2. The zero-order valence-electron chi connectivity index (χ0n) is 12.4. The van der Waals surface area contributed by atoms with Gasteiger partial charge in [0.1, 0.15) is 5.75 Å². The summed E-state index contributed by atoms with van der Waals surface area (Å²) in [4.78, 5) is 12.2. The average Bonchev–Trinajstić information content (AvgIpc) is 2.75. The van der Waals surface area contributed by atoms with Gasteiger partial charge >= 0.3 is 0 Å². The van der Waals surface area contributed by atoms with E-state index in [0.717, 1.165) is 33.7 Å². The van der Waals surface area contributed by atoms with Gasteiger partial charge in [0.05, 0.1) is 7.11 Å². The summed E-state index contributed by atoms with van der Waals surface area (Å²) in [5.74, 6) is 0.696. The van der Waals surface area contributed by atoms with Crippen molar-refractivity contribution in [2.24, 2.45) is 0 Å². The lowest BCUT2D eigenvalue weighted by Gasteiger charge is -2.07. The minimum absolute atomic E-state index is 0.0702. The number of hydrogen-bond acceptors (Lipinski definition) is 2. The number of carbonyl (C=O) groups excluding carboxylic acids is 1. The first-order valence-electron chi connectivity index (χ1n) is 6.87. The van der Waals surface area contributed by atoms with Crippen LogP contribution in [0.15, 0.2) is 36.4 Å². The number of ether oxygens (including phenoxy) is 1. The van der Waals surface area contributed by atoms with E-state index in [1.165, 1.54) is 0 Å². The molecular weight excluding hydrogens is 262 g/mol. The second kappa shape index (κ2) is 5.09. The van der Waals surface area contributed by atoms with Gasteiger partial charge in [-0.25, -0.2) is 0 Å². The van der Waals surface area contributed by atoms with Gasteiger partial charge in [-0.3, -0.25) is 4.79 Å². The third-order valence-electron chi connectivity index (χ3n) is 3.64. The maximum absolute atomic E-state index is 12.2. The Morgan fingerprint density at radius 1 is 1.05 bits per heavy atom. The van der Waals surface area contributed by atoms with Gasteiger partial charge < -0.3 is 10.1 Å². The maximum atomic E-state index is 12.2. The Morgan fingerprint density at radius 2 is 1.76 bits per heavy atom. The second-order valence-corrected chi connectivity index (χ2v) is 5.31. The molecule has 1 amide bonds. The molecular formula is C18H17NO2. The number of aryl methyl sites for hydroxylation is 2. The van der Waals surface area contributed by atoms with E-state index in [4.69, 9.17) is 4.74 Å². The summed E-state index contributed by atoms with van der Waals surface area (Å²) in [7, 11) is 1.64. The van der Waals surface area contributed by atoms with E-state index in [-0.39, 0.29) is 5.91 Å². The van der Waals surface area contributed by atoms with Gasteiger partial charge in [0, 0.05) is 22.4 Å². The van der Waals surface area contributed by atoms with Crippen LogP contribution in [0, 0.1) is 13.8 Å². The molecule has 3 heteroatoms. The number of benzene rings is 2. The van der Waals surface area contributed by atoms with Crippen LogP contribution in [0.2, 0.25) is 0 Å². The molecule has 0 atom stereocenters. The summed E-state index contributed by atoms with van der Waals surface area (Å²) >= 11 is 0. The average molecular weight is 279 g/mol. The quantitative estimate of drug-likeness (QED) is 0.849. The molecule has 0 spiro atoms. The highest BCUT2D eigenvalue weighted by Crippen LogP contribution is 2.35. The number of amides is 1.